The van der Waals surface area contributed by atoms with Crippen molar-refractivity contribution < 1.29 is 19.0 Å². The van der Waals surface area contributed by atoms with Crippen molar-refractivity contribution in [2.45, 2.75) is 20.3 Å². The summed E-state index contributed by atoms with van der Waals surface area (Å²) in [7, 11) is 1.62. The number of hydrogen-bond acceptors (Lipinski definition) is 7. The third kappa shape index (κ3) is 5.66. The molecule has 4 rings (SSSR count). The zero-order valence-electron chi connectivity index (χ0n) is 19.3. The number of carbonyl (C=O) groups excluding carboxylic acids is 1. The van der Waals surface area contributed by atoms with Crippen molar-refractivity contribution >= 4 is 39.8 Å². The van der Waals surface area contributed by atoms with Gasteiger partial charge in [-0.05, 0) is 65.7 Å². The summed E-state index contributed by atoms with van der Waals surface area (Å²) in [6.45, 7) is 4.99. The Morgan fingerprint density at radius 1 is 1.00 bits per heavy atom. The molecule has 0 fully saturated rings. The highest BCUT2D eigenvalue weighted by Crippen LogP contribution is 2.30. The minimum atomic E-state index is -0.430. The van der Waals surface area contributed by atoms with E-state index < -0.39 is 5.91 Å². The molecule has 2 aromatic rings. The number of amides is 1. The van der Waals surface area contributed by atoms with E-state index in [0.29, 0.717) is 30.0 Å². The number of methoxy groups -OCH3 is 1. The Hall–Kier alpha value is -3.59. The molecule has 0 aliphatic carbocycles. The van der Waals surface area contributed by atoms with Gasteiger partial charge in [0.2, 0.25) is 5.17 Å². The fourth-order valence-electron chi connectivity index (χ4n) is 3.28. The molecule has 0 unspecified atom stereocenters. The monoisotopic (exact) mass is 478 g/mol. The van der Waals surface area contributed by atoms with Crippen molar-refractivity contribution in [2.75, 3.05) is 20.3 Å². The number of hydrazone groups is 1. The highest BCUT2D eigenvalue weighted by Gasteiger charge is 2.35. The summed E-state index contributed by atoms with van der Waals surface area (Å²) in [5.74, 6) is 2.25. The molecule has 176 valence electrons. The zero-order valence-corrected chi connectivity index (χ0v) is 20.1. The number of nitrogens with one attached hydrogen (secondary N) is 1. The molecular weight excluding hydrogens is 452 g/mol. The van der Waals surface area contributed by atoms with Gasteiger partial charge < -0.3 is 14.2 Å². The minimum Gasteiger partial charge on any atom is -0.497 e. The van der Waals surface area contributed by atoms with Crippen LogP contribution in [0.4, 0.5) is 0 Å². The highest BCUT2D eigenvalue weighted by molar-refractivity contribution is 8.26. The SMILES string of the molecule is COc1ccc(OCCOc2ccc(/C=C3/C(=N)N4N=C(CC(C)C)SC4=NC3=O)cc2)cc1. The smallest absolute Gasteiger partial charge is 0.283 e. The molecule has 2 heterocycles. The van der Waals surface area contributed by atoms with Crippen molar-refractivity contribution in [1.82, 2.24) is 5.01 Å². The molecule has 1 N–H and O–H groups in total. The molecule has 0 atom stereocenters. The number of rotatable bonds is 9. The van der Waals surface area contributed by atoms with Crippen LogP contribution in [0.15, 0.2) is 64.2 Å². The van der Waals surface area contributed by atoms with Crippen LogP contribution in [-0.4, -0.2) is 47.3 Å². The van der Waals surface area contributed by atoms with E-state index in [4.69, 9.17) is 19.6 Å². The van der Waals surface area contributed by atoms with Crippen molar-refractivity contribution in [3.05, 3.63) is 59.7 Å². The summed E-state index contributed by atoms with van der Waals surface area (Å²) in [4.78, 5) is 16.7. The molecule has 2 aliphatic rings. The van der Waals surface area contributed by atoms with Crippen LogP contribution >= 0.6 is 11.8 Å². The first kappa shape index (κ1) is 23.6. The molecule has 9 heteroatoms. The second kappa shape index (κ2) is 10.6. The first-order chi connectivity index (χ1) is 16.4. The van der Waals surface area contributed by atoms with E-state index in [1.54, 1.807) is 13.2 Å². The zero-order chi connectivity index (χ0) is 24.1. The molecule has 0 saturated heterocycles. The van der Waals surface area contributed by atoms with Gasteiger partial charge in [-0.25, -0.2) is 0 Å². The van der Waals surface area contributed by atoms with Crippen molar-refractivity contribution in [2.24, 2.45) is 16.0 Å². The summed E-state index contributed by atoms with van der Waals surface area (Å²) in [5, 5.41) is 15.7. The van der Waals surface area contributed by atoms with Crippen LogP contribution in [0, 0.1) is 11.3 Å². The molecule has 0 aromatic heterocycles. The second-order valence-corrected chi connectivity index (χ2v) is 9.09. The first-order valence-electron chi connectivity index (χ1n) is 10.9. The number of amidine groups is 2. The van der Waals surface area contributed by atoms with Crippen LogP contribution in [0.1, 0.15) is 25.8 Å². The van der Waals surface area contributed by atoms with Gasteiger partial charge in [-0.15, -0.1) is 0 Å². The van der Waals surface area contributed by atoms with Gasteiger partial charge in [0.15, 0.2) is 5.84 Å². The van der Waals surface area contributed by atoms with Crippen LogP contribution in [0.25, 0.3) is 6.08 Å². The van der Waals surface area contributed by atoms with E-state index >= 15 is 0 Å². The van der Waals surface area contributed by atoms with Crippen LogP contribution in [0.3, 0.4) is 0 Å². The third-order valence-corrected chi connectivity index (χ3v) is 5.88. The predicted molar refractivity (Wildman–Crippen MR) is 135 cm³/mol. The molecule has 0 radical (unpaired) electrons. The van der Waals surface area contributed by atoms with E-state index in [2.05, 4.69) is 23.9 Å². The van der Waals surface area contributed by atoms with Crippen molar-refractivity contribution in [3.8, 4) is 17.2 Å². The number of nitrogens with zero attached hydrogens (tertiary/aromatic N) is 3. The number of fused-ring (bicyclic) bond motifs is 1. The molecule has 0 saturated carbocycles. The van der Waals surface area contributed by atoms with Crippen LogP contribution in [-0.2, 0) is 4.79 Å². The Bertz CT molecular complexity index is 1150. The molecule has 8 nitrogen and oxygen atoms in total. The number of carbonyl (C=O) groups is 1. The fraction of sp³-hybridized carbons (Fsp3) is 0.280. The maximum Gasteiger partial charge on any atom is 0.283 e. The Morgan fingerprint density at radius 3 is 2.18 bits per heavy atom. The van der Waals surface area contributed by atoms with E-state index in [1.165, 1.54) is 16.8 Å². The number of thioether (sulfide) groups is 1. The average molecular weight is 479 g/mol. The van der Waals surface area contributed by atoms with E-state index in [-0.39, 0.29) is 11.4 Å². The van der Waals surface area contributed by atoms with Gasteiger partial charge in [-0.1, -0.05) is 26.0 Å². The Kier molecular flexibility index (Phi) is 7.32. The van der Waals surface area contributed by atoms with Crippen LogP contribution in [0.5, 0.6) is 17.2 Å². The largest absolute Gasteiger partial charge is 0.497 e. The lowest BCUT2D eigenvalue weighted by Gasteiger charge is -2.20. The minimum absolute atomic E-state index is 0.0391. The number of hydrogen-bond donors (Lipinski definition) is 1. The summed E-state index contributed by atoms with van der Waals surface area (Å²) in [6, 6.07) is 14.7. The molecule has 2 aromatic carbocycles. The normalized spacial score (nSPS) is 16.5. The van der Waals surface area contributed by atoms with E-state index in [9.17, 15) is 4.79 Å². The lowest BCUT2D eigenvalue weighted by Crippen LogP contribution is -2.35. The maximum absolute atomic E-state index is 12.5. The molecule has 1 amide bonds. The standard InChI is InChI=1S/C25H26N4O4S/c1-16(2)14-22-28-29-23(26)21(24(30)27-25(29)34-22)15-17-4-6-19(7-5-17)32-12-13-33-20-10-8-18(31-3)9-11-20/h4-11,15-16,26H,12-14H2,1-3H3/b21-15-,26-23?. The van der Waals surface area contributed by atoms with E-state index in [0.717, 1.165) is 28.5 Å². The summed E-state index contributed by atoms with van der Waals surface area (Å²) >= 11 is 1.35. The fourth-order valence-corrected chi connectivity index (χ4v) is 4.38. The molecule has 2 aliphatic heterocycles. The lowest BCUT2D eigenvalue weighted by atomic mass is 10.1. The molecular formula is C25H26N4O4S. The first-order valence-corrected chi connectivity index (χ1v) is 11.7. The van der Waals surface area contributed by atoms with Gasteiger partial charge in [0, 0.05) is 6.42 Å². The van der Waals surface area contributed by atoms with Gasteiger partial charge in [-0.2, -0.15) is 15.1 Å². The second-order valence-electron chi connectivity index (χ2n) is 8.05. The van der Waals surface area contributed by atoms with Crippen LogP contribution < -0.4 is 14.2 Å². The molecule has 0 spiro atoms. The maximum atomic E-state index is 12.5. The summed E-state index contributed by atoms with van der Waals surface area (Å²) < 4.78 is 16.5. The Morgan fingerprint density at radius 2 is 1.59 bits per heavy atom. The quantitative estimate of drug-likeness (QED) is 0.410. The van der Waals surface area contributed by atoms with Gasteiger partial charge in [0.05, 0.1) is 12.7 Å². The number of ether oxygens (including phenoxy) is 3. The summed E-state index contributed by atoms with van der Waals surface area (Å²) in [6.07, 6.45) is 2.44. The van der Waals surface area contributed by atoms with Crippen molar-refractivity contribution in [3.63, 3.8) is 0 Å². The van der Waals surface area contributed by atoms with Gasteiger partial charge in [0.1, 0.15) is 35.5 Å². The third-order valence-electron chi connectivity index (χ3n) is 4.95. The topological polar surface area (TPSA) is 96.6 Å². The number of benzene rings is 2. The summed E-state index contributed by atoms with van der Waals surface area (Å²) in [5.41, 5.74) is 0.979. The average Bonchev–Trinajstić information content (AvgIpc) is 3.22. The number of aliphatic imine (C=N–C) groups is 1. The Labute approximate surface area is 202 Å². The van der Waals surface area contributed by atoms with Gasteiger partial charge >= 0.3 is 0 Å². The lowest BCUT2D eigenvalue weighted by molar-refractivity contribution is -0.114. The Balaban J connectivity index is 1.33. The predicted octanol–water partition coefficient (Wildman–Crippen LogP) is 4.82. The highest BCUT2D eigenvalue weighted by atomic mass is 32.2. The van der Waals surface area contributed by atoms with Gasteiger partial charge in [-0.3, -0.25) is 10.2 Å². The van der Waals surface area contributed by atoms with E-state index in [1.807, 2.05) is 48.5 Å². The molecule has 0 bridgehead atoms. The van der Waals surface area contributed by atoms with Crippen LogP contribution in [0.2, 0.25) is 0 Å². The molecule has 34 heavy (non-hydrogen) atoms. The van der Waals surface area contributed by atoms with Crippen molar-refractivity contribution in [1.29, 1.82) is 5.41 Å². The van der Waals surface area contributed by atoms with Gasteiger partial charge in [0.25, 0.3) is 5.91 Å².